The second-order valence-electron chi connectivity index (χ2n) is 2.80. The number of halogens is 2. The highest BCUT2D eigenvalue weighted by Gasteiger charge is 2.04. The minimum Gasteiger partial charge on any atom is -0.478 e. The first kappa shape index (κ1) is 10.4. The molecular weight excluding hydrogens is 190 g/mol. The monoisotopic (exact) mass is 198 g/mol. The van der Waals surface area contributed by atoms with E-state index in [1.165, 1.54) is 6.92 Å². The smallest absolute Gasteiger partial charge is 0.331 e. The fourth-order valence-electron chi connectivity index (χ4n) is 0.920. The molecule has 0 aromatic heterocycles. The summed E-state index contributed by atoms with van der Waals surface area (Å²) in [6, 6.07) is 2.88. The van der Waals surface area contributed by atoms with E-state index in [0.29, 0.717) is 0 Å². The Morgan fingerprint density at radius 2 is 2.07 bits per heavy atom. The van der Waals surface area contributed by atoms with Gasteiger partial charge in [-0.15, -0.1) is 0 Å². The molecule has 0 saturated heterocycles. The molecule has 0 amide bonds. The summed E-state index contributed by atoms with van der Waals surface area (Å²) in [5.41, 5.74) is -0.112. The van der Waals surface area contributed by atoms with E-state index in [4.69, 9.17) is 5.11 Å². The van der Waals surface area contributed by atoms with Crippen LogP contribution in [0.5, 0.6) is 0 Å². The number of carboxylic acids is 1. The maximum atomic E-state index is 13.0. The van der Waals surface area contributed by atoms with E-state index in [9.17, 15) is 13.6 Å². The first-order valence-electron chi connectivity index (χ1n) is 3.87. The summed E-state index contributed by atoms with van der Waals surface area (Å²) >= 11 is 0. The van der Waals surface area contributed by atoms with E-state index < -0.39 is 17.6 Å². The van der Waals surface area contributed by atoms with Crippen LogP contribution in [0.25, 0.3) is 6.08 Å². The molecule has 0 radical (unpaired) electrons. The van der Waals surface area contributed by atoms with Crippen molar-refractivity contribution in [1.29, 1.82) is 0 Å². The van der Waals surface area contributed by atoms with Gasteiger partial charge in [0.25, 0.3) is 0 Å². The van der Waals surface area contributed by atoms with E-state index >= 15 is 0 Å². The summed E-state index contributed by atoms with van der Waals surface area (Å²) in [5, 5.41) is 8.52. The maximum absolute atomic E-state index is 13.0. The Hall–Kier alpha value is -1.71. The van der Waals surface area contributed by atoms with Crippen molar-refractivity contribution < 1.29 is 18.7 Å². The minimum atomic E-state index is -1.16. The quantitative estimate of drug-likeness (QED) is 0.741. The molecule has 0 spiro atoms. The van der Waals surface area contributed by atoms with Crippen molar-refractivity contribution in [2.24, 2.45) is 0 Å². The van der Waals surface area contributed by atoms with Gasteiger partial charge in [-0.2, -0.15) is 0 Å². The van der Waals surface area contributed by atoms with Crippen LogP contribution in [-0.4, -0.2) is 11.1 Å². The normalized spacial score (nSPS) is 11.5. The molecule has 0 aliphatic heterocycles. The zero-order valence-corrected chi connectivity index (χ0v) is 7.42. The van der Waals surface area contributed by atoms with Gasteiger partial charge in [0.15, 0.2) is 0 Å². The molecule has 14 heavy (non-hydrogen) atoms. The van der Waals surface area contributed by atoms with Gasteiger partial charge in [-0.1, -0.05) is 0 Å². The summed E-state index contributed by atoms with van der Waals surface area (Å²) in [6.45, 7) is 1.31. The van der Waals surface area contributed by atoms with Crippen LogP contribution < -0.4 is 0 Å². The van der Waals surface area contributed by atoms with Crippen molar-refractivity contribution in [3.63, 3.8) is 0 Å². The summed E-state index contributed by atoms with van der Waals surface area (Å²) < 4.78 is 25.6. The summed E-state index contributed by atoms with van der Waals surface area (Å²) in [4.78, 5) is 10.4. The highest BCUT2D eigenvalue weighted by Crippen LogP contribution is 2.13. The Kier molecular flexibility index (Phi) is 2.96. The van der Waals surface area contributed by atoms with E-state index in [2.05, 4.69) is 0 Å². The Balaban J connectivity index is 3.13. The lowest BCUT2D eigenvalue weighted by molar-refractivity contribution is -0.132. The lowest BCUT2D eigenvalue weighted by atomic mass is 10.1. The summed E-state index contributed by atoms with van der Waals surface area (Å²) in [6.07, 6.45) is 1.08. The Labute approximate surface area is 79.5 Å². The Bertz CT molecular complexity index is 397. The second kappa shape index (κ2) is 4.00. The highest BCUT2D eigenvalue weighted by molar-refractivity contribution is 5.91. The molecule has 0 bridgehead atoms. The van der Waals surface area contributed by atoms with E-state index in [0.717, 1.165) is 24.3 Å². The lowest BCUT2D eigenvalue weighted by Crippen LogP contribution is -1.96. The van der Waals surface area contributed by atoms with Crippen molar-refractivity contribution >= 4 is 12.0 Å². The fourth-order valence-corrected chi connectivity index (χ4v) is 0.920. The van der Waals surface area contributed by atoms with Crippen LogP contribution in [0.3, 0.4) is 0 Å². The van der Waals surface area contributed by atoms with Crippen molar-refractivity contribution in [2.45, 2.75) is 6.92 Å². The standard InChI is InChI=1S/C10H8F2O2/c1-6(10(13)14)4-7-5-8(11)2-3-9(7)12/h2-5H,1H3,(H,13,14). The second-order valence-corrected chi connectivity index (χ2v) is 2.80. The van der Waals surface area contributed by atoms with E-state index in [1.807, 2.05) is 0 Å². The molecule has 0 fully saturated rings. The van der Waals surface area contributed by atoms with Crippen LogP contribution in [-0.2, 0) is 4.79 Å². The first-order valence-corrected chi connectivity index (χ1v) is 3.87. The van der Waals surface area contributed by atoms with Crippen LogP contribution in [0.4, 0.5) is 8.78 Å². The number of hydrogen-bond acceptors (Lipinski definition) is 1. The van der Waals surface area contributed by atoms with E-state index in [1.54, 1.807) is 0 Å². The van der Waals surface area contributed by atoms with Crippen LogP contribution in [0.2, 0.25) is 0 Å². The molecule has 0 aliphatic carbocycles. The van der Waals surface area contributed by atoms with Gasteiger partial charge >= 0.3 is 5.97 Å². The Morgan fingerprint density at radius 1 is 1.43 bits per heavy atom. The molecule has 74 valence electrons. The van der Waals surface area contributed by atoms with E-state index in [-0.39, 0.29) is 11.1 Å². The van der Waals surface area contributed by atoms with Crippen LogP contribution >= 0.6 is 0 Å². The van der Waals surface area contributed by atoms with Crippen molar-refractivity contribution in [3.8, 4) is 0 Å². The minimum absolute atomic E-state index is 0.0468. The van der Waals surface area contributed by atoms with Gasteiger partial charge < -0.3 is 5.11 Å². The molecule has 1 aromatic carbocycles. The number of hydrogen-bond donors (Lipinski definition) is 1. The average Bonchev–Trinajstić information content (AvgIpc) is 2.11. The number of carboxylic acid groups (broad SMARTS) is 1. The highest BCUT2D eigenvalue weighted by atomic mass is 19.1. The molecule has 4 heteroatoms. The van der Waals surface area contributed by atoms with Crippen molar-refractivity contribution in [1.82, 2.24) is 0 Å². The van der Waals surface area contributed by atoms with Gasteiger partial charge in [-0.05, 0) is 31.2 Å². The molecule has 1 N–H and O–H groups in total. The Morgan fingerprint density at radius 3 is 2.64 bits per heavy atom. The molecule has 0 atom stereocenters. The molecule has 1 aromatic rings. The zero-order chi connectivity index (χ0) is 10.7. The topological polar surface area (TPSA) is 37.3 Å². The van der Waals surface area contributed by atoms with Gasteiger partial charge in [-0.25, -0.2) is 13.6 Å². The van der Waals surface area contributed by atoms with Gasteiger partial charge in [0.1, 0.15) is 11.6 Å². The maximum Gasteiger partial charge on any atom is 0.331 e. The zero-order valence-electron chi connectivity index (χ0n) is 7.42. The predicted octanol–water partition coefficient (Wildman–Crippen LogP) is 2.45. The molecule has 0 aliphatic rings. The third-order valence-electron chi connectivity index (χ3n) is 1.67. The summed E-state index contributed by atoms with van der Waals surface area (Å²) in [7, 11) is 0. The molecule has 2 nitrogen and oxygen atoms in total. The average molecular weight is 198 g/mol. The van der Waals surface area contributed by atoms with Crippen LogP contribution in [0.1, 0.15) is 12.5 Å². The fraction of sp³-hybridized carbons (Fsp3) is 0.100. The summed E-state index contributed by atoms with van der Waals surface area (Å²) in [5.74, 6) is -2.41. The van der Waals surface area contributed by atoms with Gasteiger partial charge in [-0.3, -0.25) is 0 Å². The first-order chi connectivity index (χ1) is 6.50. The lowest BCUT2D eigenvalue weighted by Gasteiger charge is -1.98. The number of aliphatic carboxylic acids is 1. The van der Waals surface area contributed by atoms with Crippen LogP contribution in [0.15, 0.2) is 23.8 Å². The largest absolute Gasteiger partial charge is 0.478 e. The van der Waals surface area contributed by atoms with Crippen LogP contribution in [0, 0.1) is 11.6 Å². The SMILES string of the molecule is CC(=Cc1cc(F)ccc1F)C(=O)O. The third kappa shape index (κ3) is 2.39. The number of benzene rings is 1. The number of rotatable bonds is 2. The molecule has 0 heterocycles. The molecular formula is C10H8F2O2. The molecule has 0 saturated carbocycles. The van der Waals surface area contributed by atoms with Gasteiger partial charge in [0.2, 0.25) is 0 Å². The van der Waals surface area contributed by atoms with Gasteiger partial charge in [0, 0.05) is 11.1 Å². The molecule has 0 unspecified atom stereocenters. The van der Waals surface area contributed by atoms with Gasteiger partial charge in [0.05, 0.1) is 0 Å². The van der Waals surface area contributed by atoms with Crippen molar-refractivity contribution in [2.75, 3.05) is 0 Å². The molecule has 1 rings (SSSR count). The third-order valence-corrected chi connectivity index (χ3v) is 1.67. The van der Waals surface area contributed by atoms with Crippen molar-refractivity contribution in [3.05, 3.63) is 41.0 Å². The predicted molar refractivity (Wildman–Crippen MR) is 47.6 cm³/mol. The number of carbonyl (C=O) groups is 1.